The number of carbonyl (C=O) groups is 1. The average Bonchev–Trinajstić information content (AvgIpc) is 2.84. The molecule has 1 aromatic rings. The number of hydrogen-bond acceptors (Lipinski definition) is 4. The summed E-state index contributed by atoms with van der Waals surface area (Å²) in [6.45, 7) is 6.05. The van der Waals surface area contributed by atoms with Gasteiger partial charge in [-0.1, -0.05) is 6.92 Å². The smallest absolute Gasteiger partial charge is 0.231 e. The summed E-state index contributed by atoms with van der Waals surface area (Å²) in [5, 5.41) is 6.27. The fraction of sp³-hybridized carbons (Fsp3) is 0.571. The van der Waals surface area contributed by atoms with E-state index in [9.17, 15) is 4.79 Å². The van der Waals surface area contributed by atoms with E-state index in [1.165, 1.54) is 0 Å². The quantitative estimate of drug-likeness (QED) is 0.841. The Hall–Kier alpha value is -1.46. The molecule has 0 saturated carbocycles. The molecule has 2 rings (SSSR count). The van der Waals surface area contributed by atoms with Gasteiger partial charge in [0.1, 0.15) is 0 Å². The summed E-state index contributed by atoms with van der Waals surface area (Å²) >= 11 is 0. The molecule has 0 spiro atoms. The molecule has 19 heavy (non-hydrogen) atoms. The molecule has 1 aliphatic rings. The Morgan fingerprint density at radius 1 is 1.47 bits per heavy atom. The van der Waals surface area contributed by atoms with E-state index in [-0.39, 0.29) is 17.9 Å². The van der Waals surface area contributed by atoms with Crippen LogP contribution in [0.2, 0.25) is 0 Å². The third-order valence-electron chi connectivity index (χ3n) is 3.22. The highest BCUT2D eigenvalue weighted by Crippen LogP contribution is 2.17. The van der Waals surface area contributed by atoms with E-state index in [4.69, 9.17) is 4.74 Å². The van der Waals surface area contributed by atoms with Gasteiger partial charge in [-0.25, -0.2) is 0 Å². The molecule has 1 saturated heterocycles. The van der Waals surface area contributed by atoms with Crippen molar-refractivity contribution in [3.63, 3.8) is 0 Å². The van der Waals surface area contributed by atoms with Crippen molar-refractivity contribution in [3.8, 4) is 0 Å². The number of amides is 1. The average molecular weight is 263 g/mol. The van der Waals surface area contributed by atoms with Crippen molar-refractivity contribution in [1.29, 1.82) is 0 Å². The van der Waals surface area contributed by atoms with Crippen LogP contribution in [0, 0.1) is 12.8 Å². The topological polar surface area (TPSA) is 63.2 Å². The van der Waals surface area contributed by atoms with Crippen LogP contribution in [0.4, 0.5) is 5.69 Å². The third-order valence-corrected chi connectivity index (χ3v) is 3.22. The summed E-state index contributed by atoms with van der Waals surface area (Å²) in [5.74, 6) is -0.134. The Morgan fingerprint density at radius 2 is 2.32 bits per heavy atom. The van der Waals surface area contributed by atoms with E-state index in [0.717, 1.165) is 24.2 Å². The van der Waals surface area contributed by atoms with Crippen molar-refractivity contribution in [2.24, 2.45) is 5.92 Å². The summed E-state index contributed by atoms with van der Waals surface area (Å²) in [7, 11) is 0. The lowest BCUT2D eigenvalue weighted by Gasteiger charge is -2.18. The molecule has 1 aliphatic heterocycles. The van der Waals surface area contributed by atoms with Crippen LogP contribution in [0.5, 0.6) is 0 Å². The van der Waals surface area contributed by atoms with Gasteiger partial charge in [0.2, 0.25) is 5.91 Å². The molecule has 104 valence electrons. The highest BCUT2D eigenvalue weighted by molar-refractivity contribution is 5.93. The molecule has 2 heterocycles. The highest BCUT2D eigenvalue weighted by Gasteiger charge is 2.33. The van der Waals surface area contributed by atoms with Crippen LogP contribution < -0.4 is 10.6 Å². The van der Waals surface area contributed by atoms with Gasteiger partial charge in [0.15, 0.2) is 0 Å². The van der Waals surface area contributed by atoms with Crippen LogP contribution in [-0.2, 0) is 9.53 Å². The summed E-state index contributed by atoms with van der Waals surface area (Å²) in [5.41, 5.74) is 1.77. The minimum absolute atomic E-state index is 0.00139. The first-order chi connectivity index (χ1) is 9.20. The predicted molar refractivity (Wildman–Crippen MR) is 74.0 cm³/mol. The second kappa shape index (κ2) is 6.63. The summed E-state index contributed by atoms with van der Waals surface area (Å²) in [6.07, 6.45) is 4.47. The Kier molecular flexibility index (Phi) is 4.87. The predicted octanol–water partition coefficient (Wildman–Crippen LogP) is 1.34. The Labute approximate surface area is 113 Å². The van der Waals surface area contributed by atoms with Gasteiger partial charge in [-0.05, 0) is 31.5 Å². The maximum Gasteiger partial charge on any atom is 0.231 e. The lowest BCUT2D eigenvalue weighted by atomic mass is 10.0. The van der Waals surface area contributed by atoms with Crippen molar-refractivity contribution in [1.82, 2.24) is 10.3 Å². The van der Waals surface area contributed by atoms with Gasteiger partial charge < -0.3 is 15.4 Å². The van der Waals surface area contributed by atoms with Crippen molar-refractivity contribution >= 4 is 11.6 Å². The molecule has 0 bridgehead atoms. The van der Waals surface area contributed by atoms with Crippen LogP contribution in [0.3, 0.4) is 0 Å². The second-order valence-electron chi connectivity index (χ2n) is 4.94. The van der Waals surface area contributed by atoms with Gasteiger partial charge in [-0.3, -0.25) is 9.78 Å². The van der Waals surface area contributed by atoms with Gasteiger partial charge in [-0.2, -0.15) is 0 Å². The molecule has 2 unspecified atom stereocenters. The Balaban J connectivity index is 1.95. The normalized spacial score (nSPS) is 22.4. The standard InChI is InChI=1S/C14H21N3O2/c1-3-4-16-13-9-19-8-12(13)14(18)17-11-5-10(2)6-15-7-11/h5-7,12-13,16H,3-4,8-9H2,1-2H3,(H,17,18). The van der Waals surface area contributed by atoms with Crippen molar-refractivity contribution in [2.45, 2.75) is 26.3 Å². The van der Waals surface area contributed by atoms with Crippen molar-refractivity contribution < 1.29 is 9.53 Å². The van der Waals surface area contributed by atoms with Gasteiger partial charge in [0, 0.05) is 12.2 Å². The minimum atomic E-state index is -0.132. The number of aryl methyl sites for hydroxylation is 1. The Morgan fingerprint density at radius 3 is 3.05 bits per heavy atom. The lowest BCUT2D eigenvalue weighted by molar-refractivity contribution is -0.120. The molecule has 1 aromatic heterocycles. The molecular weight excluding hydrogens is 242 g/mol. The minimum Gasteiger partial charge on any atom is -0.379 e. The van der Waals surface area contributed by atoms with Crippen LogP contribution in [0.25, 0.3) is 0 Å². The van der Waals surface area contributed by atoms with Gasteiger partial charge in [0.05, 0.1) is 31.0 Å². The summed E-state index contributed by atoms with van der Waals surface area (Å²) < 4.78 is 5.41. The summed E-state index contributed by atoms with van der Waals surface area (Å²) in [6, 6.07) is 2.02. The SMILES string of the molecule is CCCNC1COCC1C(=O)Nc1cncc(C)c1. The number of anilines is 1. The van der Waals surface area contributed by atoms with Gasteiger partial charge in [0.25, 0.3) is 0 Å². The number of nitrogens with zero attached hydrogens (tertiary/aromatic N) is 1. The van der Waals surface area contributed by atoms with E-state index in [1.807, 2.05) is 13.0 Å². The maximum atomic E-state index is 12.2. The largest absolute Gasteiger partial charge is 0.379 e. The monoisotopic (exact) mass is 263 g/mol. The van der Waals surface area contributed by atoms with Crippen molar-refractivity contribution in [2.75, 3.05) is 25.1 Å². The van der Waals surface area contributed by atoms with E-state index in [2.05, 4.69) is 22.5 Å². The zero-order valence-electron chi connectivity index (χ0n) is 11.5. The van der Waals surface area contributed by atoms with E-state index >= 15 is 0 Å². The highest BCUT2D eigenvalue weighted by atomic mass is 16.5. The fourth-order valence-corrected chi connectivity index (χ4v) is 2.20. The number of ether oxygens (including phenoxy) is 1. The molecule has 5 nitrogen and oxygen atoms in total. The number of aromatic nitrogens is 1. The van der Waals surface area contributed by atoms with Gasteiger partial charge in [-0.15, -0.1) is 0 Å². The molecule has 0 aromatic carbocycles. The molecular formula is C14H21N3O2. The Bertz CT molecular complexity index is 436. The van der Waals surface area contributed by atoms with Crippen LogP contribution in [0.1, 0.15) is 18.9 Å². The number of hydrogen-bond donors (Lipinski definition) is 2. The molecule has 2 N–H and O–H groups in total. The number of nitrogens with one attached hydrogen (secondary N) is 2. The first-order valence-corrected chi connectivity index (χ1v) is 6.74. The molecule has 1 fully saturated rings. The fourth-order valence-electron chi connectivity index (χ4n) is 2.20. The van der Waals surface area contributed by atoms with Crippen LogP contribution in [0.15, 0.2) is 18.5 Å². The van der Waals surface area contributed by atoms with E-state index in [1.54, 1.807) is 12.4 Å². The zero-order chi connectivity index (χ0) is 13.7. The van der Waals surface area contributed by atoms with Gasteiger partial charge >= 0.3 is 0 Å². The van der Waals surface area contributed by atoms with Crippen LogP contribution >= 0.6 is 0 Å². The first kappa shape index (κ1) is 14.0. The molecule has 2 atom stereocenters. The zero-order valence-corrected chi connectivity index (χ0v) is 11.5. The maximum absolute atomic E-state index is 12.2. The molecule has 0 radical (unpaired) electrons. The summed E-state index contributed by atoms with van der Waals surface area (Å²) in [4.78, 5) is 16.3. The van der Waals surface area contributed by atoms with E-state index < -0.39 is 0 Å². The molecule has 1 amide bonds. The molecule has 5 heteroatoms. The third kappa shape index (κ3) is 3.75. The van der Waals surface area contributed by atoms with Crippen LogP contribution in [-0.4, -0.2) is 36.7 Å². The molecule has 0 aliphatic carbocycles. The number of pyridine rings is 1. The van der Waals surface area contributed by atoms with E-state index in [0.29, 0.717) is 13.2 Å². The lowest BCUT2D eigenvalue weighted by Crippen LogP contribution is -2.41. The van der Waals surface area contributed by atoms with Crippen molar-refractivity contribution in [3.05, 3.63) is 24.0 Å². The number of carbonyl (C=O) groups excluding carboxylic acids is 1. The second-order valence-corrected chi connectivity index (χ2v) is 4.94. The first-order valence-electron chi connectivity index (χ1n) is 6.74. The number of rotatable bonds is 5.